The summed E-state index contributed by atoms with van der Waals surface area (Å²) in [5.41, 5.74) is 4.86. The number of hydrogen-bond donors (Lipinski definition) is 1. The number of rotatable bonds is 4. The van der Waals surface area contributed by atoms with Crippen molar-refractivity contribution in [3.05, 3.63) is 41.1 Å². The van der Waals surface area contributed by atoms with E-state index in [-0.39, 0.29) is 33.5 Å². The van der Waals surface area contributed by atoms with Gasteiger partial charge in [0, 0.05) is 48.3 Å². The van der Waals surface area contributed by atoms with Gasteiger partial charge in [0.15, 0.2) is 5.78 Å². The Kier molecular flexibility index (Phi) is 7.36. The second kappa shape index (κ2) is 10.0. The summed E-state index contributed by atoms with van der Waals surface area (Å²) in [6.45, 7) is 22.6. The van der Waals surface area contributed by atoms with Crippen molar-refractivity contribution < 1.29 is 9.59 Å². The first kappa shape index (κ1) is 29.4. The Bertz CT molecular complexity index is 1200. The van der Waals surface area contributed by atoms with Crippen LogP contribution in [0.4, 0.5) is 5.69 Å². The van der Waals surface area contributed by atoms with Crippen LogP contribution in [0.2, 0.25) is 0 Å². The molecule has 1 saturated heterocycles. The minimum atomic E-state index is -0.0495. The van der Waals surface area contributed by atoms with Crippen LogP contribution in [0, 0.1) is 34.5 Å². The number of ketones is 1. The van der Waals surface area contributed by atoms with Crippen LogP contribution in [0.15, 0.2) is 30.0 Å². The van der Waals surface area contributed by atoms with E-state index < -0.39 is 0 Å². The SMILES string of the molecule is CCCN1CC2C3CCC(C(=O)Nc4cc(C(C)(C)C)ccc4C(C)(C)C)[C@@]3(C)CCC2[C@@]2(C)CCC(=O)C=C12. The van der Waals surface area contributed by atoms with Gasteiger partial charge in [-0.1, -0.05) is 74.4 Å². The number of nitrogens with zero attached hydrogens (tertiary/aromatic N) is 1. The van der Waals surface area contributed by atoms with Gasteiger partial charge in [0.1, 0.15) is 0 Å². The number of allylic oxidation sites excluding steroid dienone is 2. The minimum Gasteiger partial charge on any atom is -0.374 e. The molecule has 4 nitrogen and oxygen atoms in total. The molecule has 0 bridgehead atoms. The van der Waals surface area contributed by atoms with Gasteiger partial charge in [-0.3, -0.25) is 9.59 Å². The summed E-state index contributed by atoms with van der Waals surface area (Å²) >= 11 is 0. The van der Waals surface area contributed by atoms with Crippen molar-refractivity contribution in [1.82, 2.24) is 4.90 Å². The number of likely N-dealkylation sites (tertiary alicyclic amines) is 1. The Morgan fingerprint density at radius 3 is 2.38 bits per heavy atom. The van der Waals surface area contributed by atoms with Crippen molar-refractivity contribution in [2.24, 2.45) is 34.5 Å². The number of nitrogens with one attached hydrogen (secondary N) is 1. The predicted octanol–water partition coefficient (Wildman–Crippen LogP) is 8.26. The maximum absolute atomic E-state index is 14.2. The highest BCUT2D eigenvalue weighted by Gasteiger charge is 2.61. The number of fused-ring (bicyclic) bond motifs is 5. The number of carbonyl (C=O) groups is 2. The van der Waals surface area contributed by atoms with E-state index in [1.165, 1.54) is 16.8 Å². The van der Waals surface area contributed by atoms with E-state index in [1.54, 1.807) is 0 Å². The summed E-state index contributed by atoms with van der Waals surface area (Å²) in [5, 5.41) is 3.49. The average molecular weight is 547 g/mol. The quantitative estimate of drug-likeness (QED) is 0.414. The molecule has 0 radical (unpaired) electrons. The van der Waals surface area contributed by atoms with Gasteiger partial charge >= 0.3 is 0 Å². The number of benzene rings is 1. The van der Waals surface area contributed by atoms with Crippen molar-refractivity contribution in [3.8, 4) is 0 Å². The molecule has 0 aromatic heterocycles. The van der Waals surface area contributed by atoms with E-state index in [4.69, 9.17) is 0 Å². The highest BCUT2D eigenvalue weighted by molar-refractivity contribution is 5.94. The molecule has 40 heavy (non-hydrogen) atoms. The van der Waals surface area contributed by atoms with Gasteiger partial charge in [-0.25, -0.2) is 0 Å². The molecule has 1 aromatic carbocycles. The molecule has 1 N–H and O–H groups in total. The lowest BCUT2D eigenvalue weighted by atomic mass is 9.49. The highest BCUT2D eigenvalue weighted by Crippen LogP contribution is 2.65. The zero-order valence-electron chi connectivity index (χ0n) is 26.7. The van der Waals surface area contributed by atoms with Gasteiger partial charge in [-0.2, -0.15) is 0 Å². The molecule has 4 aliphatic rings. The molecule has 3 aliphatic carbocycles. The summed E-state index contributed by atoms with van der Waals surface area (Å²) < 4.78 is 0. The third-order valence-corrected chi connectivity index (χ3v) is 11.6. The van der Waals surface area contributed by atoms with Gasteiger partial charge < -0.3 is 10.2 Å². The number of amides is 1. The van der Waals surface area contributed by atoms with Crippen LogP contribution in [0.5, 0.6) is 0 Å². The predicted molar refractivity (Wildman–Crippen MR) is 165 cm³/mol. The van der Waals surface area contributed by atoms with Crippen molar-refractivity contribution in [1.29, 1.82) is 0 Å². The van der Waals surface area contributed by atoms with Crippen LogP contribution in [-0.4, -0.2) is 29.7 Å². The minimum absolute atomic E-state index is 0.0226. The number of piperidine rings is 1. The number of hydrogen-bond acceptors (Lipinski definition) is 3. The van der Waals surface area contributed by atoms with Crippen molar-refractivity contribution in [2.75, 3.05) is 18.4 Å². The first-order valence-corrected chi connectivity index (χ1v) is 16.1. The zero-order valence-corrected chi connectivity index (χ0v) is 26.7. The zero-order chi connectivity index (χ0) is 29.3. The molecule has 6 atom stereocenters. The van der Waals surface area contributed by atoms with Gasteiger partial charge in [-0.05, 0) is 89.7 Å². The lowest BCUT2D eigenvalue weighted by molar-refractivity contribution is -0.129. The largest absolute Gasteiger partial charge is 0.374 e. The van der Waals surface area contributed by atoms with E-state index >= 15 is 0 Å². The van der Waals surface area contributed by atoms with Gasteiger partial charge in [0.05, 0.1) is 0 Å². The fraction of sp³-hybridized carbons (Fsp3) is 0.722. The molecule has 5 rings (SSSR count). The monoisotopic (exact) mass is 546 g/mol. The standard InChI is InChI=1S/C36H54N2O2/c1-10-19-38-22-25-26-13-14-29(35(26,8)18-16-27(25)36(9)17-15-24(39)21-31(36)38)32(40)37-30-20-23(33(2,3)4)11-12-28(30)34(5,6)7/h11-12,20-21,25-27,29H,10,13-19,22H2,1-9H3,(H,37,40)/t25?,26?,27?,29?,35-,36+/m0/s1. The van der Waals surface area contributed by atoms with Crippen LogP contribution in [0.25, 0.3) is 0 Å². The second-order valence-electron chi connectivity index (χ2n) is 16.2. The van der Waals surface area contributed by atoms with E-state index in [1.807, 2.05) is 6.08 Å². The third kappa shape index (κ3) is 4.86. The summed E-state index contributed by atoms with van der Waals surface area (Å²) in [6, 6.07) is 6.69. The van der Waals surface area contributed by atoms with Crippen LogP contribution >= 0.6 is 0 Å². The maximum Gasteiger partial charge on any atom is 0.228 e. The molecule has 1 heterocycles. The Morgan fingerprint density at radius 2 is 1.73 bits per heavy atom. The van der Waals surface area contributed by atoms with Crippen molar-refractivity contribution in [3.63, 3.8) is 0 Å². The second-order valence-corrected chi connectivity index (χ2v) is 16.2. The Hall–Kier alpha value is -2.10. The summed E-state index contributed by atoms with van der Waals surface area (Å²) in [4.78, 5) is 29.2. The molecule has 220 valence electrons. The number of carbonyl (C=O) groups excluding carboxylic acids is 2. The molecule has 1 aliphatic heterocycles. The molecule has 3 fully saturated rings. The molecule has 1 amide bonds. The van der Waals surface area contributed by atoms with Crippen molar-refractivity contribution >= 4 is 17.4 Å². The van der Waals surface area contributed by atoms with Gasteiger partial charge in [-0.15, -0.1) is 0 Å². The van der Waals surface area contributed by atoms with Crippen LogP contribution < -0.4 is 5.32 Å². The van der Waals surface area contributed by atoms with Crippen molar-refractivity contribution in [2.45, 2.75) is 118 Å². The van der Waals surface area contributed by atoms with Crippen LogP contribution in [0.1, 0.15) is 118 Å². The van der Waals surface area contributed by atoms with Crippen LogP contribution in [-0.2, 0) is 20.4 Å². The molecule has 1 aromatic rings. The lowest BCUT2D eigenvalue weighted by Gasteiger charge is -2.60. The fourth-order valence-corrected chi connectivity index (χ4v) is 9.31. The fourth-order valence-electron chi connectivity index (χ4n) is 9.31. The normalized spacial score (nSPS) is 34.1. The molecule has 4 unspecified atom stereocenters. The first-order valence-electron chi connectivity index (χ1n) is 16.1. The Balaban J connectivity index is 1.43. The summed E-state index contributed by atoms with van der Waals surface area (Å²) in [6.07, 6.45) is 9.13. The topological polar surface area (TPSA) is 49.4 Å². The van der Waals surface area contributed by atoms with Gasteiger partial charge in [0.25, 0.3) is 0 Å². The van der Waals surface area contributed by atoms with E-state index in [0.29, 0.717) is 30.0 Å². The van der Waals surface area contributed by atoms with E-state index in [2.05, 4.69) is 90.7 Å². The summed E-state index contributed by atoms with van der Waals surface area (Å²) in [5.74, 6) is 2.32. The highest BCUT2D eigenvalue weighted by atomic mass is 16.2. The summed E-state index contributed by atoms with van der Waals surface area (Å²) in [7, 11) is 0. The first-order chi connectivity index (χ1) is 18.6. The maximum atomic E-state index is 14.2. The lowest BCUT2D eigenvalue weighted by Crippen LogP contribution is -2.58. The smallest absolute Gasteiger partial charge is 0.228 e. The van der Waals surface area contributed by atoms with E-state index in [9.17, 15) is 9.59 Å². The van der Waals surface area contributed by atoms with E-state index in [0.717, 1.165) is 57.3 Å². The Morgan fingerprint density at radius 1 is 1.00 bits per heavy atom. The number of anilines is 1. The Labute approximate surface area is 243 Å². The average Bonchev–Trinajstić information content (AvgIpc) is 3.21. The molecular formula is C36H54N2O2. The molecule has 4 heteroatoms. The molecule has 2 saturated carbocycles. The van der Waals surface area contributed by atoms with Gasteiger partial charge in [0.2, 0.25) is 5.91 Å². The molecule has 0 spiro atoms. The third-order valence-electron chi connectivity index (χ3n) is 11.6. The molecular weight excluding hydrogens is 492 g/mol. The van der Waals surface area contributed by atoms with Crippen LogP contribution in [0.3, 0.4) is 0 Å².